The van der Waals surface area contributed by atoms with E-state index in [0.29, 0.717) is 17.9 Å². The summed E-state index contributed by atoms with van der Waals surface area (Å²) in [5.74, 6) is 0.103. The summed E-state index contributed by atoms with van der Waals surface area (Å²) in [5, 5.41) is 6.97. The highest BCUT2D eigenvalue weighted by atomic mass is 32.2. The van der Waals surface area contributed by atoms with Crippen molar-refractivity contribution in [3.63, 3.8) is 0 Å². The van der Waals surface area contributed by atoms with Crippen LogP contribution in [0.15, 0.2) is 36.7 Å². The van der Waals surface area contributed by atoms with Gasteiger partial charge in [-0.1, -0.05) is 17.3 Å². The molecule has 0 saturated heterocycles. The molecular weight excluding hydrogens is 329 g/mol. The fourth-order valence-electron chi connectivity index (χ4n) is 1.93. The van der Waals surface area contributed by atoms with E-state index in [9.17, 15) is 18.0 Å². The second-order valence-electron chi connectivity index (χ2n) is 4.83. The number of aryl methyl sites for hydroxylation is 1. The summed E-state index contributed by atoms with van der Waals surface area (Å²) in [6.07, 6.45) is -0.822. The number of benzene rings is 1. The van der Waals surface area contributed by atoms with E-state index in [1.807, 2.05) is 0 Å². The van der Waals surface area contributed by atoms with Gasteiger partial charge in [0.15, 0.2) is 0 Å². The molecule has 0 fully saturated rings. The van der Waals surface area contributed by atoms with Crippen LogP contribution in [0.5, 0.6) is 0 Å². The number of carbonyl (C=O) groups is 1. The van der Waals surface area contributed by atoms with E-state index in [-0.39, 0.29) is 6.42 Å². The van der Waals surface area contributed by atoms with Gasteiger partial charge in [-0.2, -0.15) is 13.2 Å². The van der Waals surface area contributed by atoms with Crippen LogP contribution in [0.25, 0.3) is 0 Å². The van der Waals surface area contributed by atoms with Gasteiger partial charge >= 0.3 is 6.18 Å². The number of carbonyl (C=O) groups excluding carboxylic acids is 1. The number of amides is 1. The van der Waals surface area contributed by atoms with Crippen LogP contribution in [0, 0.1) is 0 Å². The average Bonchev–Trinajstić information content (AvgIpc) is 2.99. The van der Waals surface area contributed by atoms with E-state index in [1.54, 1.807) is 17.1 Å². The minimum Gasteiger partial charge on any atom is -0.369 e. The minimum absolute atomic E-state index is 0.287. The van der Waals surface area contributed by atoms with Gasteiger partial charge in [-0.15, -0.1) is 16.9 Å². The highest BCUT2D eigenvalue weighted by molar-refractivity contribution is 8.00. The van der Waals surface area contributed by atoms with Gasteiger partial charge in [-0.3, -0.25) is 9.48 Å². The molecule has 0 radical (unpaired) electrons. The first-order valence-corrected chi connectivity index (χ1v) is 7.82. The number of primary amides is 1. The van der Waals surface area contributed by atoms with Crippen LogP contribution in [-0.4, -0.2) is 31.9 Å². The first kappa shape index (κ1) is 17.3. The summed E-state index contributed by atoms with van der Waals surface area (Å²) in [4.78, 5) is 11.5. The van der Waals surface area contributed by atoms with Crippen LogP contribution in [0.4, 0.5) is 13.2 Å². The highest BCUT2D eigenvalue weighted by Crippen LogP contribution is 2.29. The Morgan fingerprint density at radius 2 is 2.00 bits per heavy atom. The van der Waals surface area contributed by atoms with E-state index in [1.165, 1.54) is 23.9 Å². The van der Waals surface area contributed by atoms with Gasteiger partial charge in [-0.25, -0.2) is 0 Å². The molecule has 0 saturated carbocycles. The quantitative estimate of drug-likeness (QED) is 0.835. The highest BCUT2D eigenvalue weighted by Gasteiger charge is 2.30. The Bertz CT molecular complexity index is 628. The van der Waals surface area contributed by atoms with E-state index >= 15 is 0 Å². The van der Waals surface area contributed by atoms with Gasteiger partial charge in [0.25, 0.3) is 0 Å². The van der Waals surface area contributed by atoms with Crippen molar-refractivity contribution in [2.45, 2.75) is 24.4 Å². The first-order chi connectivity index (χ1) is 10.9. The molecule has 0 aliphatic rings. The van der Waals surface area contributed by atoms with Crippen LogP contribution < -0.4 is 5.73 Å². The van der Waals surface area contributed by atoms with Crippen LogP contribution in [0.2, 0.25) is 0 Å². The molecule has 1 heterocycles. The molecule has 124 valence electrons. The lowest BCUT2D eigenvalue weighted by molar-refractivity contribution is -0.137. The number of rotatable bonds is 7. The van der Waals surface area contributed by atoms with Crippen molar-refractivity contribution in [1.29, 1.82) is 0 Å². The molecule has 1 amide bonds. The normalized spacial score (nSPS) is 13.0. The number of nitrogens with two attached hydrogens (primary N) is 1. The number of aromatic nitrogens is 3. The molecule has 1 aromatic carbocycles. The van der Waals surface area contributed by atoms with E-state index < -0.39 is 22.9 Å². The number of thioether (sulfide) groups is 1. The van der Waals surface area contributed by atoms with Crippen molar-refractivity contribution in [3.8, 4) is 0 Å². The van der Waals surface area contributed by atoms with Crippen molar-refractivity contribution in [1.82, 2.24) is 15.0 Å². The molecule has 0 aliphatic heterocycles. The maximum atomic E-state index is 12.5. The Labute approximate surface area is 135 Å². The molecule has 2 aromatic rings. The zero-order valence-corrected chi connectivity index (χ0v) is 12.8. The summed E-state index contributed by atoms with van der Waals surface area (Å²) in [5.41, 5.74) is 5.29. The third-order valence-electron chi connectivity index (χ3n) is 3.13. The Hall–Kier alpha value is -2.03. The van der Waals surface area contributed by atoms with Crippen LogP contribution in [0.1, 0.15) is 11.1 Å². The number of halogens is 3. The van der Waals surface area contributed by atoms with Crippen LogP contribution in [-0.2, 0) is 23.9 Å². The second-order valence-corrected chi connectivity index (χ2v) is 6.14. The van der Waals surface area contributed by atoms with E-state index in [0.717, 1.165) is 12.1 Å². The molecule has 1 atom stereocenters. The average molecular weight is 344 g/mol. The molecule has 2 rings (SSSR count). The van der Waals surface area contributed by atoms with Gasteiger partial charge in [0.05, 0.1) is 23.6 Å². The zero-order valence-electron chi connectivity index (χ0n) is 12.0. The third-order valence-corrected chi connectivity index (χ3v) is 4.35. The molecule has 9 heteroatoms. The molecule has 23 heavy (non-hydrogen) atoms. The molecule has 1 aromatic heterocycles. The maximum absolute atomic E-state index is 12.5. The van der Waals surface area contributed by atoms with Gasteiger partial charge in [-0.05, 0) is 24.1 Å². The lowest BCUT2D eigenvalue weighted by Gasteiger charge is -2.14. The van der Waals surface area contributed by atoms with Crippen molar-refractivity contribution >= 4 is 17.7 Å². The standard InChI is InChI=1S/C14H15F3N4OS/c15-14(16,17)11-3-1-10(2-4-11)9-12(13(18)22)23-8-7-21-6-5-19-20-21/h1-6,12H,7-9H2,(H2,18,22). The summed E-state index contributed by atoms with van der Waals surface area (Å²) in [7, 11) is 0. The summed E-state index contributed by atoms with van der Waals surface area (Å²) < 4.78 is 39.2. The van der Waals surface area contributed by atoms with E-state index in [2.05, 4.69) is 10.3 Å². The Morgan fingerprint density at radius 1 is 1.30 bits per heavy atom. The summed E-state index contributed by atoms with van der Waals surface area (Å²) in [6, 6.07) is 4.76. The fourth-order valence-corrected chi connectivity index (χ4v) is 2.98. The number of nitrogens with zero attached hydrogens (tertiary/aromatic N) is 3. The minimum atomic E-state index is -4.37. The molecular formula is C14H15F3N4OS. The van der Waals surface area contributed by atoms with E-state index in [4.69, 9.17) is 5.73 Å². The zero-order chi connectivity index (χ0) is 16.9. The third kappa shape index (κ3) is 5.27. The molecule has 0 spiro atoms. The molecule has 1 unspecified atom stereocenters. The van der Waals surface area contributed by atoms with Gasteiger partial charge in [0, 0.05) is 11.9 Å². The SMILES string of the molecule is NC(=O)C(Cc1ccc(C(F)(F)F)cc1)SCCn1ccnn1. The van der Waals surface area contributed by atoms with Gasteiger partial charge < -0.3 is 5.73 Å². The fraction of sp³-hybridized carbons (Fsp3) is 0.357. The molecule has 0 bridgehead atoms. The molecule has 5 nitrogen and oxygen atoms in total. The first-order valence-electron chi connectivity index (χ1n) is 6.77. The van der Waals surface area contributed by atoms with Gasteiger partial charge in [0.1, 0.15) is 0 Å². The van der Waals surface area contributed by atoms with Crippen molar-refractivity contribution in [3.05, 3.63) is 47.8 Å². The lowest BCUT2D eigenvalue weighted by atomic mass is 10.1. The predicted molar refractivity (Wildman–Crippen MR) is 80.6 cm³/mol. The predicted octanol–water partition coefficient (Wildman–Crippen LogP) is 2.13. The molecule has 2 N–H and O–H groups in total. The Balaban J connectivity index is 1.92. The topological polar surface area (TPSA) is 73.8 Å². The monoisotopic (exact) mass is 344 g/mol. The lowest BCUT2D eigenvalue weighted by Crippen LogP contribution is -2.28. The van der Waals surface area contributed by atoms with Gasteiger partial charge in [0.2, 0.25) is 5.91 Å². The Kier molecular flexibility index (Phi) is 5.64. The second kappa shape index (κ2) is 7.49. The summed E-state index contributed by atoms with van der Waals surface area (Å²) >= 11 is 1.35. The molecule has 0 aliphatic carbocycles. The number of alkyl halides is 3. The summed E-state index contributed by atoms with van der Waals surface area (Å²) in [6.45, 7) is 0.571. The van der Waals surface area contributed by atoms with Crippen LogP contribution in [0.3, 0.4) is 0 Å². The Morgan fingerprint density at radius 3 is 2.52 bits per heavy atom. The largest absolute Gasteiger partial charge is 0.416 e. The van der Waals surface area contributed by atoms with Crippen molar-refractivity contribution in [2.75, 3.05) is 5.75 Å². The van der Waals surface area contributed by atoms with Crippen LogP contribution >= 0.6 is 11.8 Å². The smallest absolute Gasteiger partial charge is 0.369 e. The van der Waals surface area contributed by atoms with Crippen molar-refractivity contribution < 1.29 is 18.0 Å². The number of hydrogen-bond acceptors (Lipinski definition) is 4. The van der Waals surface area contributed by atoms with Crippen molar-refractivity contribution in [2.24, 2.45) is 5.73 Å². The maximum Gasteiger partial charge on any atom is 0.416 e. The number of hydrogen-bond donors (Lipinski definition) is 1.